The molecule has 1 aliphatic heterocycles. The second kappa shape index (κ2) is 10.2. The number of carbonyl (C=O) groups is 4. The number of ether oxygens (including phenoxy) is 1. The van der Waals surface area contributed by atoms with Gasteiger partial charge in [-0.15, -0.1) is 0 Å². The fourth-order valence-corrected chi connectivity index (χ4v) is 2.65. The predicted molar refractivity (Wildman–Crippen MR) is 97.3 cm³/mol. The van der Waals surface area contributed by atoms with Crippen LogP contribution >= 0.6 is 0 Å². The first-order valence-corrected chi connectivity index (χ1v) is 8.80. The first kappa shape index (κ1) is 21.1. The molecule has 2 rings (SSSR count). The number of hydrazine groups is 1. The van der Waals surface area contributed by atoms with Crippen LogP contribution in [0.25, 0.3) is 0 Å². The van der Waals surface area contributed by atoms with Crippen molar-refractivity contribution in [1.82, 2.24) is 15.3 Å². The van der Waals surface area contributed by atoms with E-state index in [1.807, 2.05) is 0 Å². The molecule has 28 heavy (non-hydrogen) atoms. The number of urea groups is 1. The Morgan fingerprint density at radius 1 is 1.18 bits per heavy atom. The van der Waals surface area contributed by atoms with Crippen LogP contribution in [0.5, 0.6) is 0 Å². The van der Waals surface area contributed by atoms with Crippen LogP contribution in [-0.2, 0) is 14.2 Å². The molecule has 0 fully saturated rings. The van der Waals surface area contributed by atoms with Crippen LogP contribution in [0.15, 0.2) is 24.3 Å². The number of hydrogen-bond acceptors (Lipinski definition) is 7. The molecule has 1 aromatic rings. The third-order valence-corrected chi connectivity index (χ3v) is 3.90. The molecule has 0 spiro atoms. The summed E-state index contributed by atoms with van der Waals surface area (Å²) in [5.41, 5.74) is 0.422. The summed E-state index contributed by atoms with van der Waals surface area (Å²) < 4.78 is 9.57. The van der Waals surface area contributed by atoms with Gasteiger partial charge in [-0.05, 0) is 6.92 Å². The molecule has 0 aromatic heterocycles. The van der Waals surface area contributed by atoms with Crippen molar-refractivity contribution in [2.24, 2.45) is 0 Å². The molecule has 0 unspecified atom stereocenters. The Morgan fingerprint density at radius 2 is 1.82 bits per heavy atom. The van der Waals surface area contributed by atoms with E-state index in [0.717, 1.165) is 17.3 Å². The SMILES string of the molecule is CCOC(=O)CNC(=O)N(CCCCOB=N)N1C(=O)c2ccccc2C1=O. The van der Waals surface area contributed by atoms with Crippen molar-refractivity contribution in [2.75, 3.05) is 26.3 Å². The summed E-state index contributed by atoms with van der Waals surface area (Å²) in [7, 11) is 0.813. The van der Waals surface area contributed by atoms with Crippen molar-refractivity contribution in [1.29, 1.82) is 5.31 Å². The molecule has 1 heterocycles. The second-order valence-electron chi connectivity index (χ2n) is 5.75. The van der Waals surface area contributed by atoms with Crippen LogP contribution in [0.2, 0.25) is 0 Å². The quantitative estimate of drug-likeness (QED) is 0.266. The van der Waals surface area contributed by atoms with Gasteiger partial charge in [0.2, 0.25) is 0 Å². The van der Waals surface area contributed by atoms with Gasteiger partial charge in [-0.1, -0.05) is 0 Å². The van der Waals surface area contributed by atoms with E-state index in [1.165, 1.54) is 12.1 Å². The third-order valence-electron chi connectivity index (χ3n) is 3.90. The van der Waals surface area contributed by atoms with Crippen molar-refractivity contribution in [2.45, 2.75) is 19.8 Å². The van der Waals surface area contributed by atoms with Crippen molar-refractivity contribution >= 4 is 31.1 Å². The van der Waals surface area contributed by atoms with Crippen LogP contribution < -0.4 is 5.32 Å². The van der Waals surface area contributed by atoms with Crippen LogP contribution in [0.3, 0.4) is 0 Å². The Morgan fingerprint density at radius 3 is 2.39 bits per heavy atom. The third kappa shape index (κ3) is 4.93. The van der Waals surface area contributed by atoms with Crippen molar-refractivity contribution < 1.29 is 28.6 Å². The maximum absolute atomic E-state index is 12.7. The minimum absolute atomic E-state index is 0.0431. The summed E-state index contributed by atoms with van der Waals surface area (Å²) >= 11 is 0. The Kier molecular flexibility index (Phi) is 7.67. The Labute approximate surface area is 162 Å². The topological polar surface area (TPSA) is 129 Å². The molecule has 0 bridgehead atoms. The molecular weight excluding hydrogens is 367 g/mol. The summed E-state index contributed by atoms with van der Waals surface area (Å²) in [5, 5.41) is 10.9. The Hall–Kier alpha value is -3.24. The molecule has 1 aromatic carbocycles. The summed E-state index contributed by atoms with van der Waals surface area (Å²) in [4.78, 5) is 49.4. The maximum atomic E-state index is 12.7. The summed E-state index contributed by atoms with van der Waals surface area (Å²) in [6, 6.07) is 5.53. The van der Waals surface area contributed by atoms with Gasteiger partial charge in [0, 0.05) is 0 Å². The van der Waals surface area contributed by atoms with Crippen LogP contribution in [0.4, 0.5) is 4.79 Å². The normalized spacial score (nSPS) is 12.2. The molecule has 2 N–H and O–H groups in total. The average Bonchev–Trinajstić information content (AvgIpc) is 2.94. The van der Waals surface area contributed by atoms with Gasteiger partial charge in [0.25, 0.3) is 0 Å². The van der Waals surface area contributed by atoms with E-state index in [1.54, 1.807) is 19.1 Å². The van der Waals surface area contributed by atoms with Gasteiger partial charge in [-0.25, -0.2) is 0 Å². The molecule has 0 radical (unpaired) electrons. The number of amides is 4. The molecule has 4 amide bonds. The van der Waals surface area contributed by atoms with Gasteiger partial charge in [-0.2, -0.15) is 0 Å². The monoisotopic (exact) mass is 388 g/mol. The molecule has 0 saturated heterocycles. The summed E-state index contributed by atoms with van der Waals surface area (Å²) in [6.07, 6.45) is 0.911. The van der Waals surface area contributed by atoms with E-state index in [0.29, 0.717) is 12.8 Å². The number of rotatable bonds is 10. The van der Waals surface area contributed by atoms with Crippen LogP contribution in [-0.4, -0.2) is 67.4 Å². The number of imide groups is 1. The van der Waals surface area contributed by atoms with Gasteiger partial charge in [-0.3, -0.25) is 0 Å². The Balaban J connectivity index is 2.12. The van der Waals surface area contributed by atoms with Gasteiger partial charge < -0.3 is 0 Å². The van der Waals surface area contributed by atoms with Crippen molar-refractivity contribution in [3.05, 3.63) is 35.4 Å². The molecule has 1 aliphatic rings. The zero-order valence-electron chi connectivity index (χ0n) is 15.5. The second-order valence-corrected chi connectivity index (χ2v) is 5.75. The van der Waals surface area contributed by atoms with E-state index in [-0.39, 0.29) is 37.4 Å². The number of unbranched alkanes of at least 4 members (excludes halogenated alkanes) is 1. The molecule has 0 aliphatic carbocycles. The van der Waals surface area contributed by atoms with Gasteiger partial charge >= 0.3 is 155 Å². The average molecular weight is 388 g/mol. The fourth-order valence-electron chi connectivity index (χ4n) is 2.65. The zero-order valence-corrected chi connectivity index (χ0v) is 15.5. The first-order chi connectivity index (χ1) is 13.5. The molecule has 11 heteroatoms. The van der Waals surface area contributed by atoms with Gasteiger partial charge in [0.1, 0.15) is 0 Å². The first-order valence-electron chi connectivity index (χ1n) is 8.80. The molecular formula is C17H21BN4O6. The summed E-state index contributed by atoms with van der Waals surface area (Å²) in [6.45, 7) is 1.74. The molecule has 148 valence electrons. The number of hydrogen-bond donors (Lipinski definition) is 2. The molecule has 10 nitrogen and oxygen atoms in total. The summed E-state index contributed by atoms with van der Waals surface area (Å²) in [5.74, 6) is -1.84. The van der Waals surface area contributed by atoms with E-state index in [4.69, 9.17) is 14.7 Å². The van der Waals surface area contributed by atoms with E-state index < -0.39 is 23.8 Å². The standard InChI is InChI=1S/C17H21BN4O6/c1-2-27-14(23)11-20-17(26)21(9-5-6-10-28-18-19)22-15(24)12-7-3-4-8-13(12)16(22)25/h3-4,7-8,19H,2,5-6,9-11H2,1H3,(H,20,26). The van der Waals surface area contributed by atoms with Gasteiger partial charge in [0.05, 0.1) is 0 Å². The number of nitrogens with one attached hydrogen (secondary N) is 2. The van der Waals surface area contributed by atoms with Crippen molar-refractivity contribution in [3.63, 3.8) is 0 Å². The predicted octanol–water partition coefficient (Wildman–Crippen LogP) is 0.951. The number of benzene rings is 1. The minimum atomic E-state index is -0.768. The van der Waals surface area contributed by atoms with E-state index in [2.05, 4.69) is 5.32 Å². The number of carbonyl (C=O) groups excluding carboxylic acids is 4. The van der Waals surface area contributed by atoms with Crippen LogP contribution in [0, 0.1) is 5.31 Å². The number of nitrogens with zero attached hydrogens (tertiary/aromatic N) is 2. The molecule has 0 atom stereocenters. The van der Waals surface area contributed by atoms with Crippen molar-refractivity contribution in [3.8, 4) is 0 Å². The van der Waals surface area contributed by atoms with Gasteiger partial charge in [0.15, 0.2) is 0 Å². The number of esters is 1. The van der Waals surface area contributed by atoms with Crippen LogP contribution in [0.1, 0.15) is 40.5 Å². The number of fused-ring (bicyclic) bond motifs is 1. The Bertz CT molecular complexity index is 737. The van der Waals surface area contributed by atoms with E-state index in [9.17, 15) is 19.2 Å². The molecule has 0 saturated carbocycles. The van der Waals surface area contributed by atoms with E-state index >= 15 is 0 Å². The fraction of sp³-hybridized carbons (Fsp3) is 0.412. The zero-order chi connectivity index (χ0) is 20.5.